The molecule has 9 nitrogen and oxygen atoms in total. The van der Waals surface area contributed by atoms with E-state index in [1.165, 1.54) is 30.3 Å². The number of hydrogen-bond acceptors (Lipinski definition) is 6. The average Bonchev–Trinajstić information content (AvgIpc) is 2.86. The van der Waals surface area contributed by atoms with Crippen molar-refractivity contribution in [3.63, 3.8) is 0 Å². The first-order chi connectivity index (χ1) is 17.2. The number of carbonyl (C=O) groups excluding carboxylic acids is 1. The maximum atomic E-state index is 12.8. The maximum Gasteiger partial charge on any atom is 0.349 e. The smallest absolute Gasteiger partial charge is 0.349 e. The van der Waals surface area contributed by atoms with Crippen LogP contribution in [0, 0.1) is 0 Å². The Balaban J connectivity index is 1.53. The standard InChI is InChI=1S/C25H20Cl2N4O5/c1-14(15-5-3-2-4-6-15)12-28-24(34)18-11-17(7-8-21(18)32)36-23-19(26)9-16(10-20(23)27)31-25(35)30-22(33)13-29-31/h2-11,13-14,32H,12H2,1H3,(H,28,34)(H,30,33,35). The van der Waals surface area contributed by atoms with Gasteiger partial charge in [-0.25, -0.2) is 4.79 Å². The van der Waals surface area contributed by atoms with Crippen molar-refractivity contribution in [1.82, 2.24) is 20.1 Å². The highest BCUT2D eigenvalue weighted by molar-refractivity contribution is 6.37. The second kappa shape index (κ2) is 10.7. The van der Waals surface area contributed by atoms with Gasteiger partial charge in [0, 0.05) is 6.54 Å². The van der Waals surface area contributed by atoms with Gasteiger partial charge in [0.2, 0.25) is 0 Å². The van der Waals surface area contributed by atoms with Crippen molar-refractivity contribution in [3.8, 4) is 22.9 Å². The highest BCUT2D eigenvalue weighted by Gasteiger charge is 2.17. The molecule has 0 bridgehead atoms. The normalized spacial score (nSPS) is 11.6. The molecule has 1 aromatic heterocycles. The highest BCUT2D eigenvalue weighted by atomic mass is 35.5. The lowest BCUT2D eigenvalue weighted by Gasteiger charge is -2.15. The molecule has 0 aliphatic rings. The summed E-state index contributed by atoms with van der Waals surface area (Å²) < 4.78 is 6.72. The summed E-state index contributed by atoms with van der Waals surface area (Å²) in [5.41, 5.74) is -0.113. The van der Waals surface area contributed by atoms with E-state index < -0.39 is 17.2 Å². The lowest BCUT2D eigenvalue weighted by Crippen LogP contribution is -2.30. The number of amides is 1. The second-order valence-corrected chi connectivity index (χ2v) is 8.71. The van der Waals surface area contributed by atoms with Crippen LogP contribution in [0.3, 0.4) is 0 Å². The van der Waals surface area contributed by atoms with E-state index in [2.05, 4.69) is 15.4 Å². The zero-order chi connectivity index (χ0) is 25.8. The predicted octanol–water partition coefficient (Wildman–Crippen LogP) is 4.26. The van der Waals surface area contributed by atoms with E-state index in [4.69, 9.17) is 27.9 Å². The summed E-state index contributed by atoms with van der Waals surface area (Å²) in [7, 11) is 0. The predicted molar refractivity (Wildman–Crippen MR) is 136 cm³/mol. The number of rotatable bonds is 7. The number of aromatic nitrogens is 3. The second-order valence-electron chi connectivity index (χ2n) is 7.89. The third-order valence-corrected chi connectivity index (χ3v) is 5.87. The van der Waals surface area contributed by atoms with Gasteiger partial charge in [0.1, 0.15) is 17.7 Å². The van der Waals surface area contributed by atoms with Gasteiger partial charge in [-0.3, -0.25) is 14.6 Å². The molecule has 0 radical (unpaired) electrons. The van der Waals surface area contributed by atoms with Crippen LogP contribution in [-0.2, 0) is 0 Å². The van der Waals surface area contributed by atoms with E-state index in [0.717, 1.165) is 16.4 Å². The van der Waals surface area contributed by atoms with E-state index in [1.54, 1.807) is 0 Å². The summed E-state index contributed by atoms with van der Waals surface area (Å²) in [6, 6.07) is 16.6. The van der Waals surface area contributed by atoms with E-state index >= 15 is 0 Å². The molecule has 1 unspecified atom stereocenters. The molecule has 0 saturated carbocycles. The Morgan fingerprint density at radius 3 is 2.47 bits per heavy atom. The molecule has 36 heavy (non-hydrogen) atoms. The van der Waals surface area contributed by atoms with Gasteiger partial charge in [0.05, 0.1) is 21.3 Å². The minimum absolute atomic E-state index is 0.0145. The lowest BCUT2D eigenvalue weighted by molar-refractivity contribution is 0.0948. The summed E-state index contributed by atoms with van der Waals surface area (Å²) in [5, 5.41) is 16.9. The maximum absolute atomic E-state index is 12.8. The molecule has 4 rings (SSSR count). The molecule has 1 heterocycles. The number of nitrogens with zero attached hydrogens (tertiary/aromatic N) is 2. The summed E-state index contributed by atoms with van der Waals surface area (Å²) >= 11 is 12.7. The first-order valence-corrected chi connectivity index (χ1v) is 11.5. The molecule has 1 amide bonds. The number of aromatic hydroxyl groups is 1. The number of benzene rings is 3. The van der Waals surface area contributed by atoms with Crippen LogP contribution in [0.5, 0.6) is 17.2 Å². The minimum atomic E-state index is -0.765. The summed E-state index contributed by atoms with van der Waals surface area (Å²) in [6.45, 7) is 2.35. The Morgan fingerprint density at radius 1 is 1.11 bits per heavy atom. The Kier molecular flexibility index (Phi) is 7.42. The number of aromatic amines is 1. The molecule has 1 atom stereocenters. The number of nitrogens with one attached hydrogen (secondary N) is 2. The van der Waals surface area contributed by atoms with Crippen molar-refractivity contribution >= 4 is 29.1 Å². The minimum Gasteiger partial charge on any atom is -0.507 e. The fourth-order valence-corrected chi connectivity index (χ4v) is 3.97. The van der Waals surface area contributed by atoms with Crippen LogP contribution in [-0.4, -0.2) is 32.3 Å². The molecule has 11 heteroatoms. The van der Waals surface area contributed by atoms with E-state index in [0.29, 0.717) is 6.54 Å². The zero-order valence-electron chi connectivity index (χ0n) is 18.9. The van der Waals surface area contributed by atoms with Crippen molar-refractivity contribution in [2.75, 3.05) is 6.54 Å². The van der Waals surface area contributed by atoms with Crippen LogP contribution >= 0.6 is 23.2 Å². The molecule has 0 aliphatic heterocycles. The van der Waals surface area contributed by atoms with Crippen molar-refractivity contribution in [3.05, 3.63) is 109 Å². The van der Waals surface area contributed by atoms with Crippen LogP contribution < -0.4 is 21.3 Å². The Labute approximate surface area is 214 Å². The number of phenolic OH excluding ortho intramolecular Hbond substituents is 1. The quantitative estimate of drug-likeness (QED) is 0.330. The van der Waals surface area contributed by atoms with Gasteiger partial charge in [-0.05, 0) is 41.8 Å². The largest absolute Gasteiger partial charge is 0.507 e. The van der Waals surface area contributed by atoms with E-state index in [1.807, 2.05) is 37.3 Å². The van der Waals surface area contributed by atoms with Gasteiger partial charge in [0.15, 0.2) is 5.75 Å². The SMILES string of the molecule is CC(CNC(=O)c1cc(Oc2c(Cl)cc(-n3ncc(=O)[nH]c3=O)cc2Cl)ccc1O)c1ccccc1. The molecular weight excluding hydrogens is 507 g/mol. The number of hydrogen-bond donors (Lipinski definition) is 3. The third-order valence-electron chi connectivity index (χ3n) is 5.31. The molecule has 3 N–H and O–H groups in total. The molecule has 3 aromatic carbocycles. The van der Waals surface area contributed by atoms with Gasteiger partial charge in [0.25, 0.3) is 11.5 Å². The Bertz CT molecular complexity index is 1510. The number of carbonyl (C=O) groups is 1. The van der Waals surface area contributed by atoms with Crippen LogP contribution in [0.25, 0.3) is 5.69 Å². The number of ether oxygens (including phenoxy) is 1. The van der Waals surface area contributed by atoms with Crippen LogP contribution in [0.15, 0.2) is 76.4 Å². The molecule has 4 aromatic rings. The van der Waals surface area contributed by atoms with Crippen LogP contribution in [0.1, 0.15) is 28.8 Å². The summed E-state index contributed by atoms with van der Waals surface area (Å²) in [4.78, 5) is 38.1. The lowest BCUT2D eigenvalue weighted by atomic mass is 10.0. The summed E-state index contributed by atoms with van der Waals surface area (Å²) in [6.07, 6.45) is 0.942. The van der Waals surface area contributed by atoms with Gasteiger partial charge in [-0.15, -0.1) is 0 Å². The van der Waals surface area contributed by atoms with Crippen molar-refractivity contribution < 1.29 is 14.6 Å². The Morgan fingerprint density at radius 2 is 1.81 bits per heavy atom. The van der Waals surface area contributed by atoms with Gasteiger partial charge in [-0.2, -0.15) is 9.78 Å². The van der Waals surface area contributed by atoms with Crippen molar-refractivity contribution in [1.29, 1.82) is 0 Å². The van der Waals surface area contributed by atoms with Crippen molar-refractivity contribution in [2.45, 2.75) is 12.8 Å². The molecule has 184 valence electrons. The fourth-order valence-electron chi connectivity index (χ4n) is 3.42. The molecule has 0 fully saturated rings. The molecule has 0 saturated heterocycles. The molecule has 0 spiro atoms. The van der Waals surface area contributed by atoms with Gasteiger partial charge >= 0.3 is 5.69 Å². The van der Waals surface area contributed by atoms with Crippen LogP contribution in [0.2, 0.25) is 10.0 Å². The first-order valence-electron chi connectivity index (χ1n) is 10.7. The number of phenols is 1. The van der Waals surface area contributed by atoms with E-state index in [9.17, 15) is 19.5 Å². The monoisotopic (exact) mass is 526 g/mol. The van der Waals surface area contributed by atoms with E-state index in [-0.39, 0.29) is 44.5 Å². The number of H-pyrrole nitrogens is 1. The zero-order valence-corrected chi connectivity index (χ0v) is 20.4. The third kappa shape index (κ3) is 5.59. The fraction of sp³-hybridized carbons (Fsp3) is 0.120. The van der Waals surface area contributed by atoms with Gasteiger partial charge < -0.3 is 15.2 Å². The molecule has 0 aliphatic carbocycles. The number of halogens is 2. The van der Waals surface area contributed by atoms with Gasteiger partial charge in [-0.1, -0.05) is 60.5 Å². The van der Waals surface area contributed by atoms with Crippen molar-refractivity contribution in [2.24, 2.45) is 0 Å². The topological polar surface area (TPSA) is 126 Å². The molecular formula is C25H20Cl2N4O5. The Hall–Kier alpha value is -4.08. The van der Waals surface area contributed by atoms with Crippen LogP contribution in [0.4, 0.5) is 0 Å². The average molecular weight is 527 g/mol. The summed E-state index contributed by atoms with van der Waals surface area (Å²) in [5.74, 6) is -0.364. The first kappa shape index (κ1) is 25.0. The highest BCUT2D eigenvalue weighted by Crippen LogP contribution is 2.38.